The van der Waals surface area contributed by atoms with Crippen LogP contribution in [0.25, 0.3) is 0 Å². The fourth-order valence-electron chi connectivity index (χ4n) is 1.86. The maximum Gasteiger partial charge on any atom is 0.127 e. The van der Waals surface area contributed by atoms with E-state index in [-0.39, 0.29) is 0 Å². The molecule has 2 aromatic carbocycles. The number of benzene rings is 2. The van der Waals surface area contributed by atoms with Gasteiger partial charge >= 0.3 is 0 Å². The first kappa shape index (κ1) is 12.5. The van der Waals surface area contributed by atoms with Crippen LogP contribution in [0.15, 0.2) is 48.5 Å². The van der Waals surface area contributed by atoms with E-state index in [9.17, 15) is 0 Å². The van der Waals surface area contributed by atoms with Gasteiger partial charge in [0.05, 0.1) is 0 Å². The number of ether oxygens (including phenoxy) is 1. The van der Waals surface area contributed by atoms with E-state index in [0.717, 1.165) is 24.1 Å². The van der Waals surface area contributed by atoms with E-state index < -0.39 is 0 Å². The van der Waals surface area contributed by atoms with Crippen LogP contribution in [-0.4, -0.2) is 6.04 Å². The number of halogens is 1. The second-order valence-electron chi connectivity index (χ2n) is 4.86. The van der Waals surface area contributed by atoms with Crippen molar-refractivity contribution in [2.45, 2.75) is 25.4 Å². The summed E-state index contributed by atoms with van der Waals surface area (Å²) in [5.74, 6) is 1.64. The maximum atomic E-state index is 5.84. The van der Waals surface area contributed by atoms with E-state index in [4.69, 9.17) is 16.3 Å². The Morgan fingerprint density at radius 2 is 1.53 bits per heavy atom. The molecule has 0 radical (unpaired) electrons. The Bertz CT molecular complexity index is 532. The molecule has 0 saturated heterocycles. The zero-order valence-corrected chi connectivity index (χ0v) is 11.4. The number of hydrogen-bond acceptors (Lipinski definition) is 2. The molecule has 1 aliphatic carbocycles. The van der Waals surface area contributed by atoms with Gasteiger partial charge in [-0.25, -0.2) is 0 Å². The number of hydrogen-bond donors (Lipinski definition) is 1. The van der Waals surface area contributed by atoms with Gasteiger partial charge in [-0.2, -0.15) is 0 Å². The fourth-order valence-corrected chi connectivity index (χ4v) is 1.99. The van der Waals surface area contributed by atoms with E-state index in [0.29, 0.717) is 5.02 Å². The minimum Gasteiger partial charge on any atom is -0.457 e. The predicted octanol–water partition coefficient (Wildman–Crippen LogP) is 4.38. The molecule has 0 amide bonds. The van der Waals surface area contributed by atoms with Crippen molar-refractivity contribution in [1.29, 1.82) is 0 Å². The highest BCUT2D eigenvalue weighted by Gasteiger charge is 2.19. The van der Waals surface area contributed by atoms with Crippen LogP contribution in [0.5, 0.6) is 11.5 Å². The molecule has 98 valence electrons. The van der Waals surface area contributed by atoms with Gasteiger partial charge in [0.2, 0.25) is 0 Å². The standard InChI is InChI=1S/C16H16ClNO/c17-13-3-9-16(10-4-13)19-15-7-1-12(2-8-15)11-18-14-5-6-14/h1-4,7-10,14,18H,5-6,11H2. The van der Waals surface area contributed by atoms with Gasteiger partial charge in [0.25, 0.3) is 0 Å². The SMILES string of the molecule is Clc1ccc(Oc2ccc(CNC3CC3)cc2)cc1. The first-order valence-corrected chi connectivity index (χ1v) is 6.93. The highest BCUT2D eigenvalue weighted by atomic mass is 35.5. The van der Waals surface area contributed by atoms with E-state index in [1.54, 1.807) is 0 Å². The highest BCUT2D eigenvalue weighted by Crippen LogP contribution is 2.24. The Balaban J connectivity index is 1.59. The number of nitrogens with one attached hydrogen (secondary N) is 1. The summed E-state index contributed by atoms with van der Waals surface area (Å²) in [7, 11) is 0. The third-order valence-electron chi connectivity index (χ3n) is 3.14. The topological polar surface area (TPSA) is 21.3 Å². The summed E-state index contributed by atoms with van der Waals surface area (Å²) in [6.07, 6.45) is 2.63. The van der Waals surface area contributed by atoms with Crippen LogP contribution in [-0.2, 0) is 6.54 Å². The lowest BCUT2D eigenvalue weighted by molar-refractivity contribution is 0.482. The van der Waals surface area contributed by atoms with E-state index in [2.05, 4.69) is 17.4 Å². The molecule has 1 N–H and O–H groups in total. The quantitative estimate of drug-likeness (QED) is 0.873. The molecule has 1 saturated carbocycles. The second kappa shape index (κ2) is 5.64. The third-order valence-corrected chi connectivity index (χ3v) is 3.40. The van der Waals surface area contributed by atoms with Gasteiger partial charge in [0.15, 0.2) is 0 Å². The Hall–Kier alpha value is -1.51. The van der Waals surface area contributed by atoms with E-state index >= 15 is 0 Å². The smallest absolute Gasteiger partial charge is 0.127 e. The van der Waals surface area contributed by atoms with Gasteiger partial charge in [0.1, 0.15) is 11.5 Å². The van der Waals surface area contributed by atoms with Gasteiger partial charge in [-0.15, -0.1) is 0 Å². The van der Waals surface area contributed by atoms with Crippen LogP contribution in [0.4, 0.5) is 0 Å². The molecule has 2 aromatic rings. The van der Waals surface area contributed by atoms with Gasteiger partial charge in [-0.1, -0.05) is 23.7 Å². The molecule has 0 heterocycles. The van der Waals surface area contributed by atoms with Crippen molar-refractivity contribution in [1.82, 2.24) is 5.32 Å². The summed E-state index contributed by atoms with van der Waals surface area (Å²) in [4.78, 5) is 0. The Morgan fingerprint density at radius 1 is 0.947 bits per heavy atom. The summed E-state index contributed by atoms with van der Waals surface area (Å²) >= 11 is 5.84. The number of rotatable bonds is 5. The van der Waals surface area contributed by atoms with Crippen LogP contribution >= 0.6 is 11.6 Å². The van der Waals surface area contributed by atoms with Crippen molar-refractivity contribution in [2.75, 3.05) is 0 Å². The summed E-state index contributed by atoms with van der Waals surface area (Å²) < 4.78 is 5.75. The molecule has 1 aliphatic rings. The first-order valence-electron chi connectivity index (χ1n) is 6.55. The lowest BCUT2D eigenvalue weighted by atomic mass is 10.2. The summed E-state index contributed by atoms with van der Waals surface area (Å²) in [5.41, 5.74) is 1.29. The van der Waals surface area contributed by atoms with E-state index in [1.807, 2.05) is 36.4 Å². The molecule has 0 aromatic heterocycles. The average Bonchev–Trinajstić information content (AvgIpc) is 3.25. The maximum absolute atomic E-state index is 5.84. The lowest BCUT2D eigenvalue weighted by Gasteiger charge is -2.07. The first-order chi connectivity index (χ1) is 9.29. The Morgan fingerprint density at radius 3 is 2.11 bits per heavy atom. The minimum absolute atomic E-state index is 0.717. The molecular formula is C16H16ClNO. The van der Waals surface area contributed by atoms with Crippen molar-refractivity contribution in [3.8, 4) is 11.5 Å². The molecule has 0 spiro atoms. The van der Waals surface area contributed by atoms with Crippen LogP contribution < -0.4 is 10.1 Å². The predicted molar refractivity (Wildman–Crippen MR) is 77.8 cm³/mol. The molecular weight excluding hydrogens is 258 g/mol. The Kier molecular flexibility index (Phi) is 3.72. The minimum atomic E-state index is 0.717. The van der Waals surface area contributed by atoms with Gasteiger partial charge in [0, 0.05) is 17.6 Å². The summed E-state index contributed by atoms with van der Waals surface area (Å²) in [6, 6.07) is 16.3. The zero-order chi connectivity index (χ0) is 13.1. The molecule has 0 aliphatic heterocycles. The molecule has 3 heteroatoms. The van der Waals surface area contributed by atoms with Crippen molar-refractivity contribution >= 4 is 11.6 Å². The van der Waals surface area contributed by atoms with E-state index in [1.165, 1.54) is 18.4 Å². The monoisotopic (exact) mass is 273 g/mol. The van der Waals surface area contributed by atoms with Crippen LogP contribution in [0.2, 0.25) is 5.02 Å². The molecule has 2 nitrogen and oxygen atoms in total. The van der Waals surface area contributed by atoms with Crippen molar-refractivity contribution in [3.05, 3.63) is 59.1 Å². The van der Waals surface area contributed by atoms with Gasteiger partial charge in [-0.3, -0.25) is 0 Å². The van der Waals surface area contributed by atoms with Crippen molar-refractivity contribution in [2.24, 2.45) is 0 Å². The molecule has 0 bridgehead atoms. The molecule has 19 heavy (non-hydrogen) atoms. The highest BCUT2D eigenvalue weighted by molar-refractivity contribution is 6.30. The third kappa shape index (κ3) is 3.72. The normalized spacial score (nSPS) is 14.4. The lowest BCUT2D eigenvalue weighted by Crippen LogP contribution is -2.14. The fraction of sp³-hybridized carbons (Fsp3) is 0.250. The molecule has 1 fully saturated rings. The molecule has 0 unspecified atom stereocenters. The van der Waals surface area contributed by atoms with Crippen molar-refractivity contribution < 1.29 is 4.74 Å². The second-order valence-corrected chi connectivity index (χ2v) is 5.29. The van der Waals surface area contributed by atoms with Crippen LogP contribution in [0, 0.1) is 0 Å². The average molecular weight is 274 g/mol. The summed E-state index contributed by atoms with van der Waals surface area (Å²) in [5, 5.41) is 4.21. The van der Waals surface area contributed by atoms with Crippen LogP contribution in [0.1, 0.15) is 18.4 Å². The largest absolute Gasteiger partial charge is 0.457 e. The van der Waals surface area contributed by atoms with Crippen LogP contribution in [0.3, 0.4) is 0 Å². The van der Waals surface area contributed by atoms with Gasteiger partial charge < -0.3 is 10.1 Å². The zero-order valence-electron chi connectivity index (χ0n) is 10.6. The van der Waals surface area contributed by atoms with Crippen molar-refractivity contribution in [3.63, 3.8) is 0 Å². The molecule has 3 rings (SSSR count). The van der Waals surface area contributed by atoms with Gasteiger partial charge in [-0.05, 0) is 54.8 Å². The molecule has 0 atom stereocenters. The summed E-state index contributed by atoms with van der Waals surface area (Å²) in [6.45, 7) is 0.936. The Labute approximate surface area is 118 Å².